The Bertz CT molecular complexity index is 505. The summed E-state index contributed by atoms with van der Waals surface area (Å²) < 4.78 is 25.1. The number of nitriles is 1. The van der Waals surface area contributed by atoms with Gasteiger partial charge in [0.05, 0.1) is 6.07 Å². The largest absolute Gasteiger partial charge is 0.398 e. The van der Waals surface area contributed by atoms with Crippen LogP contribution in [-0.2, 0) is 10.0 Å². The van der Waals surface area contributed by atoms with Gasteiger partial charge in [0.1, 0.15) is 0 Å². The standard InChI is InChI=1S/C10H13N3O2S/c1-8(13-16(14,15)7-6-11)9-4-2-3-5-10(9)12/h2-5,8,13H,7,12H2,1H3. The smallest absolute Gasteiger partial charge is 0.225 e. The van der Waals surface area contributed by atoms with Crippen molar-refractivity contribution in [3.63, 3.8) is 0 Å². The van der Waals surface area contributed by atoms with Crippen LogP contribution in [0.1, 0.15) is 18.5 Å². The second-order valence-electron chi connectivity index (χ2n) is 3.39. The summed E-state index contributed by atoms with van der Waals surface area (Å²) in [6.07, 6.45) is 0. The molecule has 1 aromatic rings. The van der Waals surface area contributed by atoms with Gasteiger partial charge in [-0.15, -0.1) is 0 Å². The molecule has 0 radical (unpaired) electrons. The van der Waals surface area contributed by atoms with E-state index in [2.05, 4.69) is 4.72 Å². The number of anilines is 1. The second-order valence-corrected chi connectivity index (χ2v) is 5.14. The minimum atomic E-state index is -3.56. The molecule has 1 unspecified atom stereocenters. The van der Waals surface area contributed by atoms with E-state index in [-0.39, 0.29) is 0 Å². The highest BCUT2D eigenvalue weighted by Gasteiger charge is 2.16. The van der Waals surface area contributed by atoms with Crippen LogP contribution in [0.25, 0.3) is 0 Å². The van der Waals surface area contributed by atoms with Gasteiger partial charge in [-0.1, -0.05) is 18.2 Å². The third kappa shape index (κ3) is 3.22. The molecular formula is C10H13N3O2S. The highest BCUT2D eigenvalue weighted by molar-refractivity contribution is 7.89. The molecule has 86 valence electrons. The molecule has 6 heteroatoms. The molecule has 0 aliphatic carbocycles. The summed E-state index contributed by atoms with van der Waals surface area (Å²) in [5, 5.41) is 8.35. The third-order valence-electron chi connectivity index (χ3n) is 2.07. The number of sulfonamides is 1. The molecule has 0 saturated heterocycles. The molecule has 0 bridgehead atoms. The molecule has 16 heavy (non-hydrogen) atoms. The van der Waals surface area contributed by atoms with E-state index < -0.39 is 21.8 Å². The van der Waals surface area contributed by atoms with E-state index in [4.69, 9.17) is 11.0 Å². The van der Waals surface area contributed by atoms with Crippen molar-refractivity contribution >= 4 is 15.7 Å². The normalized spacial score (nSPS) is 13.0. The molecule has 0 aliphatic rings. The van der Waals surface area contributed by atoms with Gasteiger partial charge in [0, 0.05) is 11.7 Å². The predicted octanol–water partition coefficient (Wildman–Crippen LogP) is 0.773. The van der Waals surface area contributed by atoms with Crippen molar-refractivity contribution in [3.05, 3.63) is 29.8 Å². The highest BCUT2D eigenvalue weighted by atomic mass is 32.2. The molecule has 5 nitrogen and oxygen atoms in total. The zero-order chi connectivity index (χ0) is 12.2. The Morgan fingerprint density at radius 2 is 2.12 bits per heavy atom. The van der Waals surface area contributed by atoms with Crippen LogP contribution in [0.5, 0.6) is 0 Å². The molecule has 0 fully saturated rings. The van der Waals surface area contributed by atoms with Crippen LogP contribution in [0.4, 0.5) is 5.69 Å². The van der Waals surface area contributed by atoms with Gasteiger partial charge < -0.3 is 5.73 Å². The first kappa shape index (κ1) is 12.5. The zero-order valence-corrected chi connectivity index (χ0v) is 9.66. The van der Waals surface area contributed by atoms with E-state index >= 15 is 0 Å². The van der Waals surface area contributed by atoms with Crippen LogP contribution in [0.2, 0.25) is 0 Å². The van der Waals surface area contributed by atoms with Gasteiger partial charge in [-0.05, 0) is 18.6 Å². The number of benzene rings is 1. The maximum Gasteiger partial charge on any atom is 0.225 e. The fraction of sp³-hybridized carbons (Fsp3) is 0.300. The summed E-state index contributed by atoms with van der Waals surface area (Å²) in [5.41, 5.74) is 6.94. The first-order valence-corrected chi connectivity index (χ1v) is 6.33. The van der Waals surface area contributed by atoms with Crippen LogP contribution >= 0.6 is 0 Å². The topological polar surface area (TPSA) is 96.0 Å². The third-order valence-corrected chi connectivity index (χ3v) is 3.30. The van der Waals surface area contributed by atoms with Crippen LogP contribution < -0.4 is 10.5 Å². The summed E-state index contributed by atoms with van der Waals surface area (Å²) in [6, 6.07) is 8.15. The number of hydrogen-bond acceptors (Lipinski definition) is 4. The predicted molar refractivity (Wildman–Crippen MR) is 61.8 cm³/mol. The van der Waals surface area contributed by atoms with E-state index in [1.165, 1.54) is 0 Å². The Hall–Kier alpha value is -1.58. The van der Waals surface area contributed by atoms with Crippen molar-refractivity contribution < 1.29 is 8.42 Å². The maximum atomic E-state index is 11.4. The first-order chi connectivity index (χ1) is 7.46. The summed E-state index contributed by atoms with van der Waals surface area (Å²) >= 11 is 0. The van der Waals surface area contributed by atoms with Gasteiger partial charge in [0.2, 0.25) is 10.0 Å². The fourth-order valence-corrected chi connectivity index (χ4v) is 2.28. The molecule has 0 amide bonds. The van der Waals surface area contributed by atoms with Gasteiger partial charge in [-0.25, -0.2) is 13.1 Å². The highest BCUT2D eigenvalue weighted by Crippen LogP contribution is 2.19. The minimum absolute atomic E-state index is 0.445. The molecule has 0 spiro atoms. The van der Waals surface area contributed by atoms with E-state index in [0.29, 0.717) is 11.3 Å². The quantitative estimate of drug-likeness (QED) is 0.758. The zero-order valence-electron chi connectivity index (χ0n) is 8.84. The number of para-hydroxylation sites is 1. The fourth-order valence-electron chi connectivity index (χ4n) is 1.36. The number of nitrogens with zero attached hydrogens (tertiary/aromatic N) is 1. The Labute approximate surface area is 94.9 Å². The summed E-state index contributed by atoms with van der Waals surface area (Å²) in [6.45, 7) is 1.68. The van der Waals surface area contributed by atoms with E-state index in [1.54, 1.807) is 37.3 Å². The van der Waals surface area contributed by atoms with Crippen molar-refractivity contribution in [2.45, 2.75) is 13.0 Å². The van der Waals surface area contributed by atoms with Crippen molar-refractivity contribution in [2.24, 2.45) is 0 Å². The van der Waals surface area contributed by atoms with Crippen molar-refractivity contribution in [2.75, 3.05) is 11.5 Å². The Kier molecular flexibility index (Phi) is 3.88. The number of nitrogens with one attached hydrogen (secondary N) is 1. The molecule has 0 heterocycles. The average molecular weight is 239 g/mol. The van der Waals surface area contributed by atoms with Gasteiger partial charge in [-0.2, -0.15) is 5.26 Å². The van der Waals surface area contributed by atoms with Gasteiger partial charge in [-0.3, -0.25) is 0 Å². The summed E-state index contributed by atoms with van der Waals surface area (Å²) in [5.74, 6) is -0.552. The van der Waals surface area contributed by atoms with Crippen molar-refractivity contribution in [3.8, 4) is 6.07 Å². The molecule has 1 rings (SSSR count). The van der Waals surface area contributed by atoms with Gasteiger partial charge in [0.25, 0.3) is 0 Å². The number of nitrogens with two attached hydrogens (primary N) is 1. The lowest BCUT2D eigenvalue weighted by molar-refractivity contribution is 0.570. The first-order valence-electron chi connectivity index (χ1n) is 4.67. The van der Waals surface area contributed by atoms with Crippen LogP contribution in [0, 0.1) is 11.3 Å². The molecule has 0 aromatic heterocycles. The van der Waals surface area contributed by atoms with Gasteiger partial charge in [0.15, 0.2) is 5.75 Å². The molecular weight excluding hydrogens is 226 g/mol. The maximum absolute atomic E-state index is 11.4. The number of rotatable bonds is 4. The summed E-state index contributed by atoms with van der Waals surface area (Å²) in [4.78, 5) is 0. The van der Waals surface area contributed by atoms with Crippen LogP contribution in [0.15, 0.2) is 24.3 Å². The molecule has 0 aliphatic heterocycles. The molecule has 1 atom stereocenters. The summed E-state index contributed by atoms with van der Waals surface area (Å²) in [7, 11) is -3.56. The van der Waals surface area contributed by atoms with E-state index in [9.17, 15) is 8.42 Å². The van der Waals surface area contributed by atoms with Crippen molar-refractivity contribution in [1.82, 2.24) is 4.72 Å². The molecule has 1 aromatic carbocycles. The SMILES string of the molecule is CC(NS(=O)(=O)CC#N)c1ccccc1N. The Morgan fingerprint density at radius 1 is 1.50 bits per heavy atom. The van der Waals surface area contributed by atoms with Gasteiger partial charge >= 0.3 is 0 Å². The minimum Gasteiger partial charge on any atom is -0.398 e. The lowest BCUT2D eigenvalue weighted by Gasteiger charge is -2.15. The van der Waals surface area contributed by atoms with E-state index in [0.717, 1.165) is 0 Å². The van der Waals surface area contributed by atoms with Crippen molar-refractivity contribution in [1.29, 1.82) is 5.26 Å². The van der Waals surface area contributed by atoms with Crippen LogP contribution in [-0.4, -0.2) is 14.2 Å². The van der Waals surface area contributed by atoms with E-state index in [1.807, 2.05) is 0 Å². The lowest BCUT2D eigenvalue weighted by Crippen LogP contribution is -2.29. The Balaban J connectivity index is 2.86. The molecule has 3 N–H and O–H groups in total. The average Bonchev–Trinajstić information content (AvgIpc) is 2.17. The number of hydrogen-bond donors (Lipinski definition) is 2. The lowest BCUT2D eigenvalue weighted by atomic mass is 10.1. The van der Waals surface area contributed by atoms with Crippen LogP contribution in [0.3, 0.4) is 0 Å². The number of nitrogen functional groups attached to an aromatic ring is 1. The second kappa shape index (κ2) is 4.96. The molecule has 0 saturated carbocycles. The Morgan fingerprint density at radius 3 is 2.69 bits per heavy atom. The monoisotopic (exact) mass is 239 g/mol.